The van der Waals surface area contributed by atoms with Crippen molar-refractivity contribution in [1.82, 2.24) is 4.57 Å². The predicted octanol–water partition coefficient (Wildman–Crippen LogP) is 3.36. The molecule has 0 unspecified atom stereocenters. The van der Waals surface area contributed by atoms with Crippen molar-refractivity contribution in [2.75, 3.05) is 24.3 Å². The van der Waals surface area contributed by atoms with Crippen LogP contribution in [-0.4, -0.2) is 35.0 Å². The van der Waals surface area contributed by atoms with Crippen molar-refractivity contribution in [2.24, 2.45) is 0 Å². The Kier molecular flexibility index (Phi) is 6.78. The number of carbonyl (C=O) groups excluding carboxylic acids is 2. The van der Waals surface area contributed by atoms with Crippen LogP contribution < -0.4 is 10.6 Å². The maximum atomic E-state index is 12.5. The van der Waals surface area contributed by atoms with Crippen molar-refractivity contribution >= 4 is 29.1 Å². The van der Waals surface area contributed by atoms with E-state index in [2.05, 4.69) is 16.7 Å². The van der Waals surface area contributed by atoms with E-state index in [1.54, 1.807) is 23.6 Å². The van der Waals surface area contributed by atoms with Gasteiger partial charge in [0.15, 0.2) is 6.61 Å². The molecule has 0 atom stereocenters. The van der Waals surface area contributed by atoms with Crippen LogP contribution >= 0.6 is 0 Å². The first-order chi connectivity index (χ1) is 15.8. The SMILES string of the molecule is CNc1ccc(C(=O)OCC(=O)Nc2c(C#N)c(C)c(C)n2Cc2ccco2)cc1[N+](=O)[O-]. The van der Waals surface area contributed by atoms with Crippen LogP contribution in [0.15, 0.2) is 41.0 Å². The van der Waals surface area contributed by atoms with Crippen molar-refractivity contribution in [3.63, 3.8) is 0 Å². The molecular weight excluding hydrogens is 430 g/mol. The number of rotatable bonds is 8. The summed E-state index contributed by atoms with van der Waals surface area (Å²) in [6.07, 6.45) is 1.53. The Labute approximate surface area is 188 Å². The molecule has 0 aliphatic rings. The number of ether oxygens (including phenoxy) is 1. The molecule has 3 rings (SSSR count). The molecule has 3 aromatic rings. The number of nitro groups is 1. The van der Waals surface area contributed by atoms with Gasteiger partial charge in [-0.15, -0.1) is 0 Å². The molecule has 0 bridgehead atoms. The average Bonchev–Trinajstić information content (AvgIpc) is 3.39. The van der Waals surface area contributed by atoms with Crippen LogP contribution in [0.4, 0.5) is 17.2 Å². The van der Waals surface area contributed by atoms with Gasteiger partial charge in [-0.3, -0.25) is 14.9 Å². The number of hydrogen-bond donors (Lipinski definition) is 2. The lowest BCUT2D eigenvalue weighted by atomic mass is 10.1. The van der Waals surface area contributed by atoms with Crippen molar-refractivity contribution in [2.45, 2.75) is 20.4 Å². The third kappa shape index (κ3) is 4.85. The Morgan fingerprint density at radius 2 is 2.06 bits per heavy atom. The third-order valence-electron chi connectivity index (χ3n) is 5.13. The lowest BCUT2D eigenvalue weighted by Gasteiger charge is -2.12. The summed E-state index contributed by atoms with van der Waals surface area (Å²) in [7, 11) is 1.52. The summed E-state index contributed by atoms with van der Waals surface area (Å²) in [5.41, 5.74) is 1.63. The minimum atomic E-state index is -0.894. The van der Waals surface area contributed by atoms with E-state index < -0.39 is 23.4 Å². The van der Waals surface area contributed by atoms with E-state index in [1.165, 1.54) is 25.4 Å². The lowest BCUT2D eigenvalue weighted by Crippen LogP contribution is -2.23. The van der Waals surface area contributed by atoms with Crippen LogP contribution in [0.2, 0.25) is 0 Å². The van der Waals surface area contributed by atoms with E-state index in [0.29, 0.717) is 11.3 Å². The Bertz CT molecular complexity index is 1250. The highest BCUT2D eigenvalue weighted by atomic mass is 16.6. The fourth-order valence-corrected chi connectivity index (χ4v) is 3.29. The summed E-state index contributed by atoms with van der Waals surface area (Å²) in [6.45, 7) is 3.23. The molecule has 2 heterocycles. The van der Waals surface area contributed by atoms with Crippen LogP contribution in [0.25, 0.3) is 0 Å². The summed E-state index contributed by atoms with van der Waals surface area (Å²) in [5, 5.41) is 26.0. The quantitative estimate of drug-likeness (QED) is 0.300. The Hall–Kier alpha value is -4.59. The van der Waals surface area contributed by atoms with Crippen LogP contribution in [0, 0.1) is 35.3 Å². The number of carbonyl (C=O) groups is 2. The van der Waals surface area contributed by atoms with Crippen LogP contribution in [-0.2, 0) is 16.1 Å². The molecule has 170 valence electrons. The van der Waals surface area contributed by atoms with E-state index >= 15 is 0 Å². The molecule has 0 spiro atoms. The molecule has 2 aromatic heterocycles. The molecular formula is C22H21N5O6. The topological polar surface area (TPSA) is 152 Å². The molecule has 0 radical (unpaired) electrons. The van der Waals surface area contributed by atoms with Crippen LogP contribution in [0.3, 0.4) is 0 Å². The number of nitriles is 1. The van der Waals surface area contributed by atoms with E-state index in [-0.39, 0.29) is 34.9 Å². The standard InChI is InChI=1S/C22H21N5O6/c1-13-14(2)26(11-16-5-4-8-32-16)21(17(13)10-23)25-20(28)12-33-22(29)15-6-7-18(24-3)19(9-15)27(30)31/h4-9,24H,11-12H2,1-3H3,(H,25,28). The fourth-order valence-electron chi connectivity index (χ4n) is 3.29. The molecule has 2 N–H and O–H groups in total. The van der Waals surface area contributed by atoms with Gasteiger partial charge in [-0.1, -0.05) is 0 Å². The van der Waals surface area contributed by atoms with E-state index in [0.717, 1.165) is 11.8 Å². The summed E-state index contributed by atoms with van der Waals surface area (Å²) in [5.74, 6) is -0.667. The first kappa shape index (κ1) is 23.1. The zero-order valence-corrected chi connectivity index (χ0v) is 18.2. The van der Waals surface area contributed by atoms with Crippen molar-refractivity contribution in [3.8, 4) is 6.07 Å². The van der Waals surface area contributed by atoms with Gasteiger partial charge in [0.25, 0.3) is 11.6 Å². The van der Waals surface area contributed by atoms with Gasteiger partial charge in [0.2, 0.25) is 0 Å². The van der Waals surface area contributed by atoms with Gasteiger partial charge in [0.05, 0.1) is 28.9 Å². The largest absolute Gasteiger partial charge is 0.467 e. The number of nitrogens with zero attached hydrogens (tertiary/aromatic N) is 3. The number of furan rings is 1. The average molecular weight is 451 g/mol. The van der Waals surface area contributed by atoms with Gasteiger partial charge >= 0.3 is 5.97 Å². The van der Waals surface area contributed by atoms with E-state index in [9.17, 15) is 25.0 Å². The molecule has 1 aromatic carbocycles. The molecule has 1 amide bonds. The number of aromatic nitrogens is 1. The Morgan fingerprint density at radius 3 is 2.67 bits per heavy atom. The maximum Gasteiger partial charge on any atom is 0.338 e. The number of benzene rings is 1. The molecule has 0 saturated carbocycles. The first-order valence-corrected chi connectivity index (χ1v) is 9.82. The fraction of sp³-hybridized carbons (Fsp3) is 0.227. The van der Waals surface area contributed by atoms with Gasteiger partial charge in [-0.25, -0.2) is 4.79 Å². The second kappa shape index (κ2) is 9.69. The van der Waals surface area contributed by atoms with Gasteiger partial charge in [-0.2, -0.15) is 5.26 Å². The molecule has 0 aliphatic carbocycles. The second-order valence-corrected chi connectivity index (χ2v) is 7.07. The van der Waals surface area contributed by atoms with Crippen LogP contribution in [0.5, 0.6) is 0 Å². The minimum absolute atomic E-state index is 0.0703. The number of amides is 1. The first-order valence-electron chi connectivity index (χ1n) is 9.82. The molecule has 0 aliphatic heterocycles. The number of nitrogens with one attached hydrogen (secondary N) is 2. The molecule has 11 heteroatoms. The summed E-state index contributed by atoms with van der Waals surface area (Å²) in [6, 6.07) is 9.39. The molecule has 0 fully saturated rings. The van der Waals surface area contributed by atoms with Crippen molar-refractivity contribution in [3.05, 3.63) is 74.9 Å². The van der Waals surface area contributed by atoms with Gasteiger partial charge in [-0.05, 0) is 43.7 Å². The molecule has 11 nitrogen and oxygen atoms in total. The smallest absolute Gasteiger partial charge is 0.338 e. The summed E-state index contributed by atoms with van der Waals surface area (Å²) >= 11 is 0. The minimum Gasteiger partial charge on any atom is -0.467 e. The second-order valence-electron chi connectivity index (χ2n) is 7.07. The van der Waals surface area contributed by atoms with Crippen molar-refractivity contribution in [1.29, 1.82) is 5.26 Å². The van der Waals surface area contributed by atoms with E-state index in [1.807, 2.05) is 6.92 Å². The van der Waals surface area contributed by atoms with Gasteiger partial charge in [0, 0.05) is 18.8 Å². The van der Waals surface area contributed by atoms with Crippen molar-refractivity contribution < 1.29 is 23.7 Å². The third-order valence-corrected chi connectivity index (χ3v) is 5.13. The lowest BCUT2D eigenvalue weighted by molar-refractivity contribution is -0.384. The Balaban J connectivity index is 1.74. The molecule has 0 saturated heterocycles. The highest BCUT2D eigenvalue weighted by Crippen LogP contribution is 2.28. The van der Waals surface area contributed by atoms with E-state index in [4.69, 9.17) is 9.15 Å². The van der Waals surface area contributed by atoms with Gasteiger partial charge in [0.1, 0.15) is 23.3 Å². The van der Waals surface area contributed by atoms with Gasteiger partial charge < -0.3 is 24.4 Å². The van der Waals surface area contributed by atoms with Crippen LogP contribution in [0.1, 0.15) is 32.9 Å². The maximum absolute atomic E-state index is 12.5. The Morgan fingerprint density at radius 1 is 1.30 bits per heavy atom. The monoisotopic (exact) mass is 451 g/mol. The predicted molar refractivity (Wildman–Crippen MR) is 118 cm³/mol. The molecule has 33 heavy (non-hydrogen) atoms. The number of hydrogen-bond acceptors (Lipinski definition) is 8. The zero-order valence-electron chi connectivity index (χ0n) is 18.2. The number of esters is 1. The highest BCUT2D eigenvalue weighted by molar-refractivity contribution is 5.96. The summed E-state index contributed by atoms with van der Waals surface area (Å²) in [4.78, 5) is 35.4. The number of nitro benzene ring substituents is 1. The highest BCUT2D eigenvalue weighted by Gasteiger charge is 2.22. The zero-order chi connectivity index (χ0) is 24.1. The number of anilines is 2. The normalized spacial score (nSPS) is 10.4. The summed E-state index contributed by atoms with van der Waals surface area (Å²) < 4.78 is 12.1.